The number of benzene rings is 2. The van der Waals surface area contributed by atoms with Gasteiger partial charge in [-0.05, 0) is 29.8 Å². The van der Waals surface area contributed by atoms with Crippen LogP contribution in [0, 0.1) is 0 Å². The van der Waals surface area contributed by atoms with Crippen LogP contribution in [0.25, 0.3) is 0 Å². The lowest BCUT2D eigenvalue weighted by Gasteiger charge is -2.14. The normalized spacial score (nSPS) is 10.8. The molecular formula is C21H27N3O7. The molecule has 31 heavy (non-hydrogen) atoms. The van der Waals surface area contributed by atoms with E-state index in [1.807, 2.05) is 0 Å². The van der Waals surface area contributed by atoms with E-state index in [2.05, 4.69) is 10.5 Å². The van der Waals surface area contributed by atoms with Crippen molar-refractivity contribution in [2.45, 2.75) is 6.42 Å². The third kappa shape index (κ3) is 5.41. The van der Waals surface area contributed by atoms with Gasteiger partial charge in [0, 0.05) is 12.0 Å². The first-order valence-electron chi connectivity index (χ1n) is 9.13. The molecule has 0 aliphatic heterocycles. The van der Waals surface area contributed by atoms with Crippen LogP contribution in [0.2, 0.25) is 0 Å². The van der Waals surface area contributed by atoms with Gasteiger partial charge in [0.05, 0.1) is 42.7 Å². The Labute approximate surface area is 180 Å². The van der Waals surface area contributed by atoms with Gasteiger partial charge in [-0.2, -0.15) is 5.10 Å². The molecule has 0 bridgehead atoms. The van der Waals surface area contributed by atoms with Crippen LogP contribution < -0.4 is 39.6 Å². The summed E-state index contributed by atoms with van der Waals surface area (Å²) in [6.07, 6.45) is 0.242. The number of carbonyl (C=O) groups is 1. The maximum Gasteiger partial charge on any atom is 0.271 e. The minimum atomic E-state index is -0.493. The molecule has 0 fully saturated rings. The molecule has 0 spiro atoms. The molecule has 3 N–H and O–H groups in total. The largest absolute Gasteiger partial charge is 0.493 e. The topological polar surface area (TPSA) is 123 Å². The van der Waals surface area contributed by atoms with E-state index in [0.717, 1.165) is 5.56 Å². The number of methoxy groups -OCH3 is 6. The highest BCUT2D eigenvalue weighted by molar-refractivity contribution is 5.96. The van der Waals surface area contributed by atoms with Crippen LogP contribution in [0.15, 0.2) is 29.4 Å². The highest BCUT2D eigenvalue weighted by Gasteiger charge is 2.17. The zero-order valence-corrected chi connectivity index (χ0v) is 18.4. The molecule has 1 amide bonds. The Morgan fingerprint density at radius 1 is 0.774 bits per heavy atom. The van der Waals surface area contributed by atoms with E-state index in [1.165, 1.54) is 54.8 Å². The van der Waals surface area contributed by atoms with Crippen LogP contribution in [-0.2, 0) is 6.42 Å². The average molecular weight is 433 g/mol. The molecular weight excluding hydrogens is 406 g/mol. The van der Waals surface area contributed by atoms with Gasteiger partial charge in [0.2, 0.25) is 11.5 Å². The predicted octanol–water partition coefficient (Wildman–Crippen LogP) is 1.98. The maximum atomic E-state index is 12.5. The summed E-state index contributed by atoms with van der Waals surface area (Å²) >= 11 is 0. The SMILES string of the molecule is COc1cc(C/C(N)=N/NC(=O)c2cc(OC)c(OC)c(OC)c2)cc(OC)c1OC. The molecule has 10 heteroatoms. The monoisotopic (exact) mass is 433 g/mol. The Morgan fingerprint density at radius 2 is 1.19 bits per heavy atom. The van der Waals surface area contributed by atoms with E-state index in [0.29, 0.717) is 34.5 Å². The second kappa shape index (κ2) is 10.8. The van der Waals surface area contributed by atoms with Crippen molar-refractivity contribution in [3.8, 4) is 34.5 Å². The molecule has 0 atom stereocenters. The van der Waals surface area contributed by atoms with E-state index in [4.69, 9.17) is 34.2 Å². The first kappa shape index (κ1) is 23.5. The third-order valence-electron chi connectivity index (χ3n) is 4.34. The fourth-order valence-corrected chi connectivity index (χ4v) is 2.89. The van der Waals surface area contributed by atoms with Crippen LogP contribution in [-0.4, -0.2) is 54.4 Å². The number of hydrogen-bond donors (Lipinski definition) is 2. The van der Waals surface area contributed by atoms with Gasteiger partial charge >= 0.3 is 0 Å². The number of ether oxygens (including phenoxy) is 6. The fourth-order valence-electron chi connectivity index (χ4n) is 2.89. The molecule has 0 saturated carbocycles. The third-order valence-corrected chi connectivity index (χ3v) is 4.34. The lowest BCUT2D eigenvalue weighted by atomic mass is 10.1. The fraction of sp³-hybridized carbons (Fsp3) is 0.333. The van der Waals surface area contributed by atoms with Gasteiger partial charge in [0.25, 0.3) is 5.91 Å². The van der Waals surface area contributed by atoms with Gasteiger partial charge in [0.15, 0.2) is 23.0 Å². The van der Waals surface area contributed by atoms with Crippen molar-refractivity contribution in [3.63, 3.8) is 0 Å². The Bertz CT molecular complexity index is 910. The number of hydrazone groups is 1. The second-order valence-corrected chi connectivity index (χ2v) is 6.17. The molecule has 0 aliphatic rings. The van der Waals surface area contributed by atoms with Gasteiger partial charge in [-0.25, -0.2) is 5.43 Å². The standard InChI is InChI=1S/C21H27N3O7/c1-26-14-7-12(8-15(27-2)19(14)30-5)9-18(22)23-24-21(25)13-10-16(28-3)20(31-6)17(11-13)29-4/h7-8,10-11H,9H2,1-6H3,(H2,22,23)(H,24,25). The van der Waals surface area contributed by atoms with Crippen molar-refractivity contribution in [1.82, 2.24) is 5.43 Å². The van der Waals surface area contributed by atoms with Gasteiger partial charge in [-0.15, -0.1) is 0 Å². The van der Waals surface area contributed by atoms with Crippen LogP contribution in [0.1, 0.15) is 15.9 Å². The summed E-state index contributed by atoms with van der Waals surface area (Å²) < 4.78 is 31.7. The summed E-state index contributed by atoms with van der Waals surface area (Å²) in [7, 11) is 8.98. The number of hydrogen-bond acceptors (Lipinski definition) is 8. The van der Waals surface area contributed by atoms with Crippen molar-refractivity contribution in [2.24, 2.45) is 10.8 Å². The number of rotatable bonds is 10. The minimum absolute atomic E-state index is 0.176. The summed E-state index contributed by atoms with van der Waals surface area (Å²) in [6, 6.07) is 6.54. The number of carbonyl (C=O) groups excluding carboxylic acids is 1. The van der Waals surface area contributed by atoms with Crippen LogP contribution >= 0.6 is 0 Å². The predicted molar refractivity (Wildman–Crippen MR) is 115 cm³/mol. The van der Waals surface area contributed by atoms with E-state index in [-0.39, 0.29) is 17.8 Å². The lowest BCUT2D eigenvalue weighted by molar-refractivity contribution is 0.0954. The van der Waals surface area contributed by atoms with Crippen molar-refractivity contribution in [2.75, 3.05) is 42.7 Å². The molecule has 168 valence electrons. The van der Waals surface area contributed by atoms with Crippen LogP contribution in [0.5, 0.6) is 34.5 Å². The number of nitrogens with one attached hydrogen (secondary N) is 1. The summed E-state index contributed by atoms with van der Waals surface area (Å²) in [5, 5.41) is 3.97. The molecule has 10 nitrogen and oxygen atoms in total. The molecule has 0 aliphatic carbocycles. The van der Waals surface area contributed by atoms with E-state index < -0.39 is 5.91 Å². The molecule has 0 aromatic heterocycles. The number of nitrogens with zero attached hydrogens (tertiary/aromatic N) is 1. The number of amidine groups is 1. The number of amides is 1. The van der Waals surface area contributed by atoms with Crippen molar-refractivity contribution < 1.29 is 33.2 Å². The van der Waals surface area contributed by atoms with Gasteiger partial charge < -0.3 is 34.2 Å². The average Bonchev–Trinajstić information content (AvgIpc) is 2.80. The second-order valence-electron chi connectivity index (χ2n) is 6.17. The highest BCUT2D eigenvalue weighted by Crippen LogP contribution is 2.39. The zero-order chi connectivity index (χ0) is 23.0. The summed E-state index contributed by atoms with van der Waals surface area (Å²) in [5.41, 5.74) is 9.44. The van der Waals surface area contributed by atoms with Crippen LogP contribution in [0.3, 0.4) is 0 Å². The first-order chi connectivity index (χ1) is 14.9. The molecule has 2 aromatic rings. The molecule has 0 unspecified atom stereocenters. The first-order valence-corrected chi connectivity index (χ1v) is 9.13. The Morgan fingerprint density at radius 3 is 1.58 bits per heavy atom. The van der Waals surface area contributed by atoms with E-state index in [1.54, 1.807) is 12.1 Å². The van der Waals surface area contributed by atoms with Crippen molar-refractivity contribution in [3.05, 3.63) is 35.4 Å². The van der Waals surface area contributed by atoms with E-state index in [9.17, 15) is 4.79 Å². The molecule has 2 aromatic carbocycles. The molecule has 0 saturated heterocycles. The van der Waals surface area contributed by atoms with Crippen molar-refractivity contribution >= 4 is 11.7 Å². The summed E-state index contributed by atoms with van der Waals surface area (Å²) in [4.78, 5) is 12.5. The lowest BCUT2D eigenvalue weighted by Crippen LogP contribution is -2.24. The molecule has 0 heterocycles. The maximum absolute atomic E-state index is 12.5. The van der Waals surface area contributed by atoms with Gasteiger partial charge in [-0.1, -0.05) is 0 Å². The summed E-state index contributed by atoms with van der Waals surface area (Å²) in [6.45, 7) is 0. The Kier molecular flexibility index (Phi) is 8.18. The molecule has 2 rings (SSSR count). The van der Waals surface area contributed by atoms with Gasteiger partial charge in [0.1, 0.15) is 5.84 Å². The van der Waals surface area contributed by atoms with Gasteiger partial charge in [-0.3, -0.25) is 4.79 Å². The molecule has 0 radical (unpaired) electrons. The smallest absolute Gasteiger partial charge is 0.271 e. The van der Waals surface area contributed by atoms with Crippen molar-refractivity contribution in [1.29, 1.82) is 0 Å². The summed E-state index contributed by atoms with van der Waals surface area (Å²) in [5.74, 6) is 2.22. The Hall–Kier alpha value is -3.82. The van der Waals surface area contributed by atoms with Crippen LogP contribution in [0.4, 0.5) is 0 Å². The Balaban J connectivity index is 2.20. The van der Waals surface area contributed by atoms with E-state index >= 15 is 0 Å². The number of nitrogens with two attached hydrogens (primary N) is 1. The zero-order valence-electron chi connectivity index (χ0n) is 18.4. The highest BCUT2D eigenvalue weighted by atomic mass is 16.5. The minimum Gasteiger partial charge on any atom is -0.493 e. The quantitative estimate of drug-likeness (QED) is 0.331.